The van der Waals surface area contributed by atoms with Crippen LogP contribution in [0.25, 0.3) is 0 Å². The molecule has 1 heterocycles. The molecule has 2 aliphatic carbocycles. The van der Waals surface area contributed by atoms with Crippen LogP contribution in [-0.4, -0.2) is 16.8 Å². The third kappa shape index (κ3) is 2.01. The van der Waals surface area contributed by atoms with Crippen molar-refractivity contribution in [2.24, 2.45) is 0 Å². The van der Waals surface area contributed by atoms with Gasteiger partial charge in [-0.15, -0.1) is 11.6 Å². The van der Waals surface area contributed by atoms with Gasteiger partial charge in [-0.1, -0.05) is 0 Å². The van der Waals surface area contributed by atoms with Crippen LogP contribution in [0.3, 0.4) is 0 Å². The fourth-order valence-corrected chi connectivity index (χ4v) is 3.14. The lowest BCUT2D eigenvalue weighted by Gasteiger charge is -2.22. The number of amides is 1. The van der Waals surface area contributed by atoms with Gasteiger partial charge in [-0.05, 0) is 56.1 Å². The van der Waals surface area contributed by atoms with Crippen molar-refractivity contribution < 1.29 is 4.79 Å². The van der Waals surface area contributed by atoms with E-state index in [4.69, 9.17) is 16.6 Å². The number of fused-ring (bicyclic) bond motifs is 2. The quantitative estimate of drug-likeness (QED) is 0.835. The summed E-state index contributed by atoms with van der Waals surface area (Å²) in [7, 11) is 0. The average Bonchev–Trinajstić information content (AvgIpc) is 2.86. The first-order chi connectivity index (χ1) is 8.79. The highest BCUT2D eigenvalue weighted by Crippen LogP contribution is 2.35. The van der Waals surface area contributed by atoms with Crippen LogP contribution >= 0.6 is 11.6 Å². The number of pyridine rings is 1. The number of halogens is 1. The summed E-state index contributed by atoms with van der Waals surface area (Å²) in [5.41, 5.74) is 5.96. The number of anilines is 1. The van der Waals surface area contributed by atoms with Crippen molar-refractivity contribution in [2.45, 2.75) is 44.9 Å². The van der Waals surface area contributed by atoms with E-state index < -0.39 is 0 Å². The summed E-state index contributed by atoms with van der Waals surface area (Å²) in [6, 6.07) is 0. The molecule has 0 saturated heterocycles. The summed E-state index contributed by atoms with van der Waals surface area (Å²) in [5.74, 6) is -0.0870. The van der Waals surface area contributed by atoms with Gasteiger partial charge in [0.2, 0.25) is 5.91 Å². The lowest BCUT2D eigenvalue weighted by molar-refractivity contribution is -0.113. The zero-order valence-corrected chi connectivity index (χ0v) is 11.1. The van der Waals surface area contributed by atoms with E-state index in [0.29, 0.717) is 0 Å². The first kappa shape index (κ1) is 12.0. The Morgan fingerprint density at radius 3 is 2.39 bits per heavy atom. The molecular formula is C14H17ClN2O. The van der Waals surface area contributed by atoms with Crippen LogP contribution in [0.5, 0.6) is 0 Å². The molecule has 3 rings (SSSR count). The highest BCUT2D eigenvalue weighted by Gasteiger charge is 2.25. The van der Waals surface area contributed by atoms with Crippen molar-refractivity contribution >= 4 is 23.2 Å². The molecule has 0 aliphatic heterocycles. The normalized spacial score (nSPS) is 17.2. The van der Waals surface area contributed by atoms with Crippen molar-refractivity contribution in [3.8, 4) is 0 Å². The predicted octanol–water partition coefficient (Wildman–Crippen LogP) is 2.63. The first-order valence-corrected chi connectivity index (χ1v) is 7.22. The highest BCUT2D eigenvalue weighted by atomic mass is 35.5. The van der Waals surface area contributed by atoms with Crippen LogP contribution in [-0.2, 0) is 30.5 Å². The summed E-state index contributed by atoms with van der Waals surface area (Å²) in [6.45, 7) is 0. The summed E-state index contributed by atoms with van der Waals surface area (Å²) in [6.07, 6.45) is 7.72. The van der Waals surface area contributed by atoms with Gasteiger partial charge in [0.1, 0.15) is 5.88 Å². The highest BCUT2D eigenvalue weighted by molar-refractivity contribution is 6.29. The van der Waals surface area contributed by atoms with Gasteiger partial charge in [0.15, 0.2) is 0 Å². The Balaban J connectivity index is 2.08. The van der Waals surface area contributed by atoms with Crippen molar-refractivity contribution in [2.75, 3.05) is 11.2 Å². The summed E-state index contributed by atoms with van der Waals surface area (Å²) in [4.78, 5) is 16.4. The summed E-state index contributed by atoms with van der Waals surface area (Å²) in [5, 5.41) is 3.01. The van der Waals surface area contributed by atoms with E-state index in [0.717, 1.165) is 37.8 Å². The molecular weight excluding hydrogens is 248 g/mol. The first-order valence-electron chi connectivity index (χ1n) is 6.69. The van der Waals surface area contributed by atoms with Crippen LogP contribution in [0, 0.1) is 0 Å². The number of carbonyl (C=O) groups excluding carboxylic acids is 1. The van der Waals surface area contributed by atoms with E-state index in [2.05, 4.69) is 5.32 Å². The molecule has 0 spiro atoms. The van der Waals surface area contributed by atoms with Crippen molar-refractivity contribution in [3.05, 3.63) is 22.5 Å². The van der Waals surface area contributed by atoms with Crippen molar-refractivity contribution in [3.63, 3.8) is 0 Å². The van der Waals surface area contributed by atoms with Gasteiger partial charge >= 0.3 is 0 Å². The maximum Gasteiger partial charge on any atom is 0.239 e. The minimum Gasteiger partial charge on any atom is -0.324 e. The molecule has 1 aromatic rings. The van der Waals surface area contributed by atoms with Crippen LogP contribution in [0.4, 0.5) is 5.69 Å². The Labute approximate surface area is 112 Å². The Morgan fingerprint density at radius 2 is 1.67 bits per heavy atom. The Kier molecular flexibility index (Phi) is 3.25. The van der Waals surface area contributed by atoms with Crippen LogP contribution in [0.15, 0.2) is 0 Å². The van der Waals surface area contributed by atoms with Crippen molar-refractivity contribution in [1.29, 1.82) is 0 Å². The summed E-state index contributed by atoms with van der Waals surface area (Å²) < 4.78 is 0. The third-order valence-electron chi connectivity index (χ3n) is 3.89. The van der Waals surface area contributed by atoms with Crippen molar-refractivity contribution in [1.82, 2.24) is 4.98 Å². The molecule has 96 valence electrons. The number of aryl methyl sites for hydroxylation is 2. The number of rotatable bonds is 2. The number of aromatic nitrogens is 1. The monoisotopic (exact) mass is 264 g/mol. The van der Waals surface area contributed by atoms with E-state index in [1.165, 1.54) is 35.4 Å². The Morgan fingerprint density at radius 1 is 1.06 bits per heavy atom. The van der Waals surface area contributed by atoms with Gasteiger partial charge in [0.25, 0.3) is 0 Å². The van der Waals surface area contributed by atoms with Gasteiger partial charge in [-0.3, -0.25) is 9.78 Å². The number of alkyl halides is 1. The minimum atomic E-state index is -0.107. The standard InChI is InChI=1S/C14H17ClN2O/c15-8-13(18)17-14-9-4-1-2-6-11(9)16-12-7-3-5-10(12)14/h1-8H2,(H,16,17,18). The van der Waals surface area contributed by atoms with Gasteiger partial charge in [0.05, 0.1) is 5.69 Å². The molecule has 3 nitrogen and oxygen atoms in total. The van der Waals surface area contributed by atoms with E-state index in [1.807, 2.05) is 0 Å². The molecule has 4 heteroatoms. The molecule has 2 aliphatic rings. The Bertz CT molecular complexity index is 499. The maximum atomic E-state index is 11.6. The van der Waals surface area contributed by atoms with Gasteiger partial charge in [-0.2, -0.15) is 0 Å². The minimum absolute atomic E-state index is 0.0197. The smallest absolute Gasteiger partial charge is 0.239 e. The maximum absolute atomic E-state index is 11.6. The number of nitrogens with one attached hydrogen (secondary N) is 1. The third-order valence-corrected chi connectivity index (χ3v) is 4.13. The van der Waals surface area contributed by atoms with Crippen LogP contribution < -0.4 is 5.32 Å². The lowest BCUT2D eigenvalue weighted by Crippen LogP contribution is -2.19. The van der Waals surface area contributed by atoms with E-state index in [1.54, 1.807) is 0 Å². The molecule has 0 fully saturated rings. The molecule has 1 aromatic heterocycles. The predicted molar refractivity (Wildman–Crippen MR) is 72.3 cm³/mol. The second-order valence-corrected chi connectivity index (χ2v) is 5.35. The second-order valence-electron chi connectivity index (χ2n) is 5.08. The molecule has 0 aromatic carbocycles. The molecule has 18 heavy (non-hydrogen) atoms. The zero-order chi connectivity index (χ0) is 12.5. The Hall–Kier alpha value is -1.09. The van der Waals surface area contributed by atoms with E-state index >= 15 is 0 Å². The molecule has 0 radical (unpaired) electrons. The number of nitrogens with zero attached hydrogens (tertiary/aromatic N) is 1. The number of carbonyl (C=O) groups is 1. The SMILES string of the molecule is O=C(CCl)Nc1c2c(nc3c1CCC3)CCCC2. The average molecular weight is 265 g/mol. The largest absolute Gasteiger partial charge is 0.324 e. The topological polar surface area (TPSA) is 42.0 Å². The molecule has 0 unspecified atom stereocenters. The molecule has 0 bridgehead atoms. The number of hydrogen-bond acceptors (Lipinski definition) is 2. The van der Waals surface area contributed by atoms with Gasteiger partial charge in [-0.25, -0.2) is 0 Å². The second kappa shape index (κ2) is 4.88. The fraction of sp³-hybridized carbons (Fsp3) is 0.571. The van der Waals surface area contributed by atoms with Gasteiger partial charge in [0, 0.05) is 11.4 Å². The summed E-state index contributed by atoms with van der Waals surface area (Å²) >= 11 is 5.61. The fourth-order valence-electron chi connectivity index (χ4n) is 3.07. The molecule has 0 atom stereocenters. The van der Waals surface area contributed by atoms with E-state index in [9.17, 15) is 4.79 Å². The van der Waals surface area contributed by atoms with Crippen LogP contribution in [0.2, 0.25) is 0 Å². The molecule has 1 N–H and O–H groups in total. The van der Waals surface area contributed by atoms with Gasteiger partial charge < -0.3 is 5.32 Å². The van der Waals surface area contributed by atoms with E-state index in [-0.39, 0.29) is 11.8 Å². The number of hydrogen-bond donors (Lipinski definition) is 1. The molecule has 1 amide bonds. The lowest BCUT2D eigenvalue weighted by atomic mass is 9.92. The molecule has 0 saturated carbocycles. The van der Waals surface area contributed by atoms with Crippen LogP contribution in [0.1, 0.15) is 41.8 Å². The zero-order valence-electron chi connectivity index (χ0n) is 10.4.